The molecule has 0 spiro atoms. The fraction of sp³-hybridized carbons (Fsp3) is 0.435. The summed E-state index contributed by atoms with van der Waals surface area (Å²) in [6.07, 6.45) is 8.52. The first-order chi connectivity index (χ1) is 14.7. The van der Waals surface area contributed by atoms with Crippen LogP contribution in [0.3, 0.4) is 0 Å². The van der Waals surface area contributed by atoms with Gasteiger partial charge in [0.15, 0.2) is 0 Å². The third-order valence-corrected chi connectivity index (χ3v) is 6.38. The van der Waals surface area contributed by atoms with Gasteiger partial charge in [-0.2, -0.15) is 5.10 Å². The first-order valence-corrected chi connectivity index (χ1v) is 10.8. The van der Waals surface area contributed by atoms with Crippen molar-refractivity contribution in [2.24, 2.45) is 0 Å². The van der Waals surface area contributed by atoms with Crippen LogP contribution < -0.4 is 5.56 Å². The molecule has 5 rings (SSSR count). The monoisotopic (exact) mass is 407 g/mol. The zero-order valence-corrected chi connectivity index (χ0v) is 17.0. The van der Waals surface area contributed by atoms with Crippen LogP contribution in [0.4, 0.5) is 4.39 Å². The second kappa shape index (κ2) is 8.14. The van der Waals surface area contributed by atoms with Crippen molar-refractivity contribution in [3.63, 3.8) is 0 Å². The number of hydrogen-bond acceptors (Lipinski definition) is 4. The van der Waals surface area contributed by atoms with Crippen molar-refractivity contribution < 1.29 is 4.39 Å². The van der Waals surface area contributed by atoms with Gasteiger partial charge in [-0.05, 0) is 25.0 Å². The van der Waals surface area contributed by atoms with Gasteiger partial charge >= 0.3 is 0 Å². The molecule has 1 aromatic carbocycles. The predicted octanol–water partition coefficient (Wildman–Crippen LogP) is 3.91. The van der Waals surface area contributed by atoms with E-state index in [-0.39, 0.29) is 11.4 Å². The summed E-state index contributed by atoms with van der Waals surface area (Å²) < 4.78 is 13.6. The quantitative estimate of drug-likeness (QED) is 0.688. The molecule has 0 saturated heterocycles. The highest BCUT2D eigenvalue weighted by atomic mass is 19.1. The van der Waals surface area contributed by atoms with Crippen molar-refractivity contribution in [2.75, 3.05) is 6.54 Å². The van der Waals surface area contributed by atoms with Crippen molar-refractivity contribution in [1.29, 1.82) is 0 Å². The van der Waals surface area contributed by atoms with Gasteiger partial charge in [0.25, 0.3) is 5.56 Å². The highest BCUT2D eigenvalue weighted by Gasteiger charge is 2.25. The lowest BCUT2D eigenvalue weighted by Crippen LogP contribution is -2.36. The fourth-order valence-corrected chi connectivity index (χ4v) is 4.77. The molecule has 0 bridgehead atoms. The molecule has 30 heavy (non-hydrogen) atoms. The molecular weight excluding hydrogens is 381 g/mol. The second-order valence-corrected chi connectivity index (χ2v) is 8.45. The molecule has 6 nitrogen and oxygen atoms in total. The van der Waals surface area contributed by atoms with Crippen LogP contribution in [0.2, 0.25) is 0 Å². The third-order valence-electron chi connectivity index (χ3n) is 6.38. The van der Waals surface area contributed by atoms with E-state index in [4.69, 9.17) is 4.98 Å². The van der Waals surface area contributed by atoms with Crippen molar-refractivity contribution in [1.82, 2.24) is 25.1 Å². The van der Waals surface area contributed by atoms with Gasteiger partial charge in [0.05, 0.1) is 23.1 Å². The van der Waals surface area contributed by atoms with Gasteiger partial charge in [-0.1, -0.05) is 31.4 Å². The lowest BCUT2D eigenvalue weighted by Gasteiger charge is -2.28. The Morgan fingerprint density at radius 1 is 1.20 bits per heavy atom. The smallest absolute Gasteiger partial charge is 0.255 e. The minimum absolute atomic E-state index is 0.00261. The van der Waals surface area contributed by atoms with Crippen LogP contribution in [-0.2, 0) is 19.5 Å². The summed E-state index contributed by atoms with van der Waals surface area (Å²) in [5, 5.41) is 7.15. The van der Waals surface area contributed by atoms with E-state index >= 15 is 0 Å². The summed E-state index contributed by atoms with van der Waals surface area (Å²) in [7, 11) is 0. The Kier molecular flexibility index (Phi) is 5.21. The van der Waals surface area contributed by atoms with E-state index in [1.54, 1.807) is 12.3 Å². The Morgan fingerprint density at radius 2 is 2.07 bits per heavy atom. The average molecular weight is 407 g/mol. The fourth-order valence-electron chi connectivity index (χ4n) is 4.77. The van der Waals surface area contributed by atoms with E-state index in [9.17, 15) is 9.18 Å². The Bertz CT molecular complexity index is 1100. The molecule has 1 saturated carbocycles. The normalized spacial score (nSPS) is 17.8. The van der Waals surface area contributed by atoms with Crippen LogP contribution in [0, 0.1) is 5.82 Å². The van der Waals surface area contributed by atoms with Gasteiger partial charge in [0, 0.05) is 43.1 Å². The Morgan fingerprint density at radius 3 is 2.90 bits per heavy atom. The number of nitrogens with zero attached hydrogens (tertiary/aromatic N) is 3. The average Bonchev–Trinajstić information content (AvgIpc) is 3.23. The van der Waals surface area contributed by atoms with E-state index in [2.05, 4.69) is 20.1 Å². The number of aromatic amines is 2. The molecule has 1 aliphatic carbocycles. The first-order valence-electron chi connectivity index (χ1n) is 10.8. The van der Waals surface area contributed by atoms with Crippen molar-refractivity contribution >= 4 is 0 Å². The van der Waals surface area contributed by atoms with Crippen LogP contribution in [0.15, 0.2) is 35.3 Å². The number of nitrogens with one attached hydrogen (secondary N) is 2. The maximum atomic E-state index is 13.6. The third kappa shape index (κ3) is 3.81. The summed E-state index contributed by atoms with van der Waals surface area (Å²) in [5.41, 5.74) is 4.32. The van der Waals surface area contributed by atoms with Gasteiger partial charge in [-0.15, -0.1) is 0 Å². The van der Waals surface area contributed by atoms with Crippen LogP contribution in [0.5, 0.6) is 0 Å². The molecule has 3 aromatic rings. The molecular formula is C23H26FN5O. The Hall–Kier alpha value is -2.80. The van der Waals surface area contributed by atoms with E-state index in [1.807, 2.05) is 6.07 Å². The van der Waals surface area contributed by atoms with Gasteiger partial charge in [0.1, 0.15) is 11.6 Å². The summed E-state index contributed by atoms with van der Waals surface area (Å²) in [6, 6.07) is 6.50. The summed E-state index contributed by atoms with van der Waals surface area (Å²) in [6.45, 7) is 2.04. The maximum absolute atomic E-state index is 13.6. The predicted molar refractivity (Wildman–Crippen MR) is 112 cm³/mol. The molecule has 7 heteroatoms. The Balaban J connectivity index is 1.35. The van der Waals surface area contributed by atoms with E-state index in [0.29, 0.717) is 19.0 Å². The zero-order valence-electron chi connectivity index (χ0n) is 17.0. The first kappa shape index (κ1) is 19.2. The molecule has 0 radical (unpaired) electrons. The number of aromatic nitrogens is 4. The van der Waals surface area contributed by atoms with E-state index in [1.165, 1.54) is 31.4 Å². The van der Waals surface area contributed by atoms with Gasteiger partial charge in [-0.3, -0.25) is 14.8 Å². The highest BCUT2D eigenvalue weighted by molar-refractivity contribution is 5.62. The number of H-pyrrole nitrogens is 2. The molecule has 0 unspecified atom stereocenters. The van der Waals surface area contributed by atoms with Crippen LogP contribution >= 0.6 is 0 Å². The molecule has 0 atom stereocenters. The zero-order chi connectivity index (χ0) is 20.5. The van der Waals surface area contributed by atoms with Gasteiger partial charge in [-0.25, -0.2) is 9.37 Å². The van der Waals surface area contributed by atoms with Crippen molar-refractivity contribution in [3.8, 4) is 11.3 Å². The molecule has 1 aliphatic heterocycles. The number of fused-ring (bicyclic) bond motifs is 1. The van der Waals surface area contributed by atoms with E-state index < -0.39 is 0 Å². The molecule has 3 heterocycles. The SMILES string of the molecule is O=c1[nH]c(C2CCCCC2)nc2c1CN(Cc1cn[nH]c1-c1cccc(F)c1)CC2. The standard InChI is InChI=1S/C23H26FN5O/c24-18-8-4-7-16(11-18)21-17(12-25-28-21)13-29-10-9-20-19(14-29)23(30)27-22(26-20)15-5-2-1-3-6-15/h4,7-8,11-12,15H,1-3,5-6,9-10,13-14H2,(H,25,28)(H,26,27,30). The second-order valence-electron chi connectivity index (χ2n) is 8.45. The lowest BCUT2D eigenvalue weighted by molar-refractivity contribution is 0.241. The molecule has 2 N–H and O–H groups in total. The van der Waals surface area contributed by atoms with Crippen molar-refractivity contribution in [3.05, 3.63) is 69.3 Å². The van der Waals surface area contributed by atoms with Crippen molar-refractivity contribution in [2.45, 2.75) is 57.5 Å². The number of halogens is 1. The summed E-state index contributed by atoms with van der Waals surface area (Å²) >= 11 is 0. The topological polar surface area (TPSA) is 77.7 Å². The molecule has 0 amide bonds. The van der Waals surface area contributed by atoms with Crippen LogP contribution in [0.25, 0.3) is 11.3 Å². The highest BCUT2D eigenvalue weighted by Crippen LogP contribution is 2.31. The molecule has 156 valence electrons. The molecule has 2 aromatic heterocycles. The lowest BCUT2D eigenvalue weighted by atomic mass is 9.88. The number of hydrogen-bond donors (Lipinski definition) is 2. The minimum Gasteiger partial charge on any atom is -0.310 e. The molecule has 1 fully saturated rings. The minimum atomic E-state index is -0.272. The van der Waals surface area contributed by atoms with Crippen LogP contribution in [0.1, 0.15) is 60.7 Å². The number of benzene rings is 1. The Labute approximate surface area is 174 Å². The largest absolute Gasteiger partial charge is 0.310 e. The van der Waals surface area contributed by atoms with Crippen LogP contribution in [-0.4, -0.2) is 31.6 Å². The maximum Gasteiger partial charge on any atom is 0.255 e. The van der Waals surface area contributed by atoms with E-state index in [0.717, 1.165) is 59.7 Å². The van der Waals surface area contributed by atoms with Gasteiger partial charge < -0.3 is 4.98 Å². The molecule has 2 aliphatic rings. The summed E-state index contributed by atoms with van der Waals surface area (Å²) in [5.74, 6) is 1.01. The number of rotatable bonds is 4. The summed E-state index contributed by atoms with van der Waals surface area (Å²) in [4.78, 5) is 23.0. The van der Waals surface area contributed by atoms with Gasteiger partial charge in [0.2, 0.25) is 0 Å².